The molecular formula is C15H30O4. The van der Waals surface area contributed by atoms with E-state index in [-0.39, 0.29) is 18.1 Å². The molecule has 0 fully saturated rings. The Morgan fingerprint density at radius 1 is 1.16 bits per heavy atom. The average molecular weight is 274 g/mol. The maximum atomic E-state index is 10.7. The summed E-state index contributed by atoms with van der Waals surface area (Å²) in [5.74, 6) is -0.989. The summed E-state index contributed by atoms with van der Waals surface area (Å²) < 4.78 is 5.84. The van der Waals surface area contributed by atoms with Crippen LogP contribution in [0.2, 0.25) is 0 Å². The minimum absolute atomic E-state index is 0.171. The second-order valence-electron chi connectivity index (χ2n) is 5.88. The second-order valence-corrected chi connectivity index (χ2v) is 5.88. The molecule has 1 atom stereocenters. The van der Waals surface area contributed by atoms with E-state index in [1.165, 1.54) is 0 Å². The Bertz CT molecular complexity index is 238. The number of carbonyl (C=O) groups is 1. The van der Waals surface area contributed by atoms with Crippen LogP contribution in [0.3, 0.4) is 0 Å². The molecule has 2 N–H and O–H groups in total. The van der Waals surface area contributed by atoms with E-state index in [2.05, 4.69) is 13.8 Å². The van der Waals surface area contributed by atoms with E-state index in [1.54, 1.807) is 6.92 Å². The number of carboxylic acid groups (broad SMARTS) is 1. The summed E-state index contributed by atoms with van der Waals surface area (Å²) in [5.41, 5.74) is -0.171. The van der Waals surface area contributed by atoms with Gasteiger partial charge in [0.1, 0.15) is 0 Å². The lowest BCUT2D eigenvalue weighted by Crippen LogP contribution is -2.25. The van der Waals surface area contributed by atoms with Crippen LogP contribution in [0.25, 0.3) is 0 Å². The quantitative estimate of drug-likeness (QED) is 0.536. The molecule has 0 rings (SSSR count). The Morgan fingerprint density at radius 2 is 1.79 bits per heavy atom. The molecule has 0 saturated carbocycles. The molecule has 0 aliphatic carbocycles. The van der Waals surface area contributed by atoms with Crippen molar-refractivity contribution < 1.29 is 19.7 Å². The van der Waals surface area contributed by atoms with E-state index in [0.717, 1.165) is 45.1 Å². The summed E-state index contributed by atoms with van der Waals surface area (Å²) >= 11 is 0. The van der Waals surface area contributed by atoms with Gasteiger partial charge in [-0.2, -0.15) is 0 Å². The number of aliphatic hydroxyl groups excluding tert-OH is 1. The molecule has 19 heavy (non-hydrogen) atoms. The highest BCUT2D eigenvalue weighted by molar-refractivity contribution is 5.69. The molecule has 1 unspecified atom stereocenters. The molecule has 0 saturated heterocycles. The van der Waals surface area contributed by atoms with Gasteiger partial charge in [0, 0.05) is 13.2 Å². The summed E-state index contributed by atoms with van der Waals surface area (Å²) in [6.07, 6.45) is 6.51. The fraction of sp³-hybridized carbons (Fsp3) is 0.933. The van der Waals surface area contributed by atoms with Crippen molar-refractivity contribution in [2.24, 2.45) is 5.92 Å². The first-order valence-electron chi connectivity index (χ1n) is 7.36. The zero-order valence-electron chi connectivity index (χ0n) is 12.7. The van der Waals surface area contributed by atoms with E-state index >= 15 is 0 Å². The van der Waals surface area contributed by atoms with E-state index in [1.807, 2.05) is 0 Å². The molecule has 0 aromatic rings. The predicted molar refractivity (Wildman–Crippen MR) is 76.2 cm³/mol. The molecule has 0 radical (unpaired) electrons. The number of carboxylic acids is 1. The highest BCUT2D eigenvalue weighted by Crippen LogP contribution is 2.20. The minimum atomic E-state index is -0.720. The van der Waals surface area contributed by atoms with Gasteiger partial charge in [0.05, 0.1) is 11.5 Å². The lowest BCUT2D eigenvalue weighted by atomic mass is 9.96. The number of unbranched alkanes of at least 4 members (excludes halogenated alkanes) is 3. The van der Waals surface area contributed by atoms with Gasteiger partial charge in [0.25, 0.3) is 0 Å². The van der Waals surface area contributed by atoms with Gasteiger partial charge in [-0.3, -0.25) is 4.79 Å². The molecule has 0 aliphatic heterocycles. The Morgan fingerprint density at radius 3 is 2.37 bits per heavy atom. The number of ether oxygens (including phenoxy) is 1. The fourth-order valence-corrected chi connectivity index (χ4v) is 1.95. The van der Waals surface area contributed by atoms with E-state index < -0.39 is 5.97 Å². The van der Waals surface area contributed by atoms with Gasteiger partial charge in [0.2, 0.25) is 0 Å². The predicted octanol–water partition coefficient (Wildman–Crippen LogP) is 3.23. The van der Waals surface area contributed by atoms with Crippen LogP contribution in [0.1, 0.15) is 65.7 Å². The first-order valence-corrected chi connectivity index (χ1v) is 7.36. The van der Waals surface area contributed by atoms with Crippen LogP contribution in [-0.4, -0.2) is 35.0 Å². The largest absolute Gasteiger partial charge is 0.481 e. The van der Waals surface area contributed by atoms with Crippen LogP contribution < -0.4 is 0 Å². The standard InChI is InChI=1S/C15H30O4/c1-13(14(17)18)9-8-10-15(2,3)19-12-7-5-4-6-11-16/h13,16H,4-12H2,1-3H3,(H,17,18). The first kappa shape index (κ1) is 18.4. The summed E-state index contributed by atoms with van der Waals surface area (Å²) in [6, 6.07) is 0. The highest BCUT2D eigenvalue weighted by atomic mass is 16.5. The summed E-state index contributed by atoms with van der Waals surface area (Å²) in [5, 5.41) is 17.5. The summed E-state index contributed by atoms with van der Waals surface area (Å²) in [6.45, 7) is 6.89. The third-order valence-corrected chi connectivity index (χ3v) is 3.38. The van der Waals surface area contributed by atoms with E-state index in [9.17, 15) is 4.79 Å². The van der Waals surface area contributed by atoms with Crippen molar-refractivity contribution in [3.8, 4) is 0 Å². The molecule has 4 nitrogen and oxygen atoms in total. The van der Waals surface area contributed by atoms with Crippen LogP contribution in [0.5, 0.6) is 0 Å². The minimum Gasteiger partial charge on any atom is -0.481 e. The van der Waals surface area contributed by atoms with Crippen LogP contribution >= 0.6 is 0 Å². The van der Waals surface area contributed by atoms with Crippen molar-refractivity contribution in [1.29, 1.82) is 0 Å². The second kappa shape index (κ2) is 10.2. The zero-order chi connectivity index (χ0) is 14.7. The summed E-state index contributed by atoms with van der Waals surface area (Å²) in [4.78, 5) is 10.7. The van der Waals surface area contributed by atoms with Crippen molar-refractivity contribution in [1.82, 2.24) is 0 Å². The Balaban J connectivity index is 3.60. The van der Waals surface area contributed by atoms with Crippen molar-refractivity contribution in [3.63, 3.8) is 0 Å². The number of aliphatic hydroxyl groups is 1. The maximum Gasteiger partial charge on any atom is 0.306 e. The van der Waals surface area contributed by atoms with Gasteiger partial charge in [-0.15, -0.1) is 0 Å². The maximum absolute atomic E-state index is 10.7. The Labute approximate surface area is 117 Å². The number of hydrogen-bond donors (Lipinski definition) is 2. The molecule has 0 amide bonds. The smallest absolute Gasteiger partial charge is 0.306 e. The van der Waals surface area contributed by atoms with Gasteiger partial charge >= 0.3 is 5.97 Å². The van der Waals surface area contributed by atoms with Gasteiger partial charge in [-0.1, -0.05) is 19.8 Å². The molecule has 0 aliphatic rings. The van der Waals surface area contributed by atoms with Gasteiger partial charge in [-0.25, -0.2) is 0 Å². The van der Waals surface area contributed by atoms with Crippen molar-refractivity contribution in [3.05, 3.63) is 0 Å². The fourth-order valence-electron chi connectivity index (χ4n) is 1.95. The molecule has 0 bridgehead atoms. The molecule has 4 heteroatoms. The summed E-state index contributed by atoms with van der Waals surface area (Å²) in [7, 11) is 0. The average Bonchev–Trinajstić information content (AvgIpc) is 2.33. The van der Waals surface area contributed by atoms with Crippen LogP contribution in [-0.2, 0) is 9.53 Å². The number of rotatable bonds is 12. The van der Waals surface area contributed by atoms with Crippen LogP contribution in [0.4, 0.5) is 0 Å². The lowest BCUT2D eigenvalue weighted by molar-refractivity contribution is -0.141. The van der Waals surface area contributed by atoms with Crippen LogP contribution in [0, 0.1) is 5.92 Å². The Hall–Kier alpha value is -0.610. The van der Waals surface area contributed by atoms with Gasteiger partial charge in [0.15, 0.2) is 0 Å². The van der Waals surface area contributed by atoms with Crippen LogP contribution in [0.15, 0.2) is 0 Å². The SMILES string of the molecule is CC(CCCC(C)(C)OCCCCCCO)C(=O)O. The third-order valence-electron chi connectivity index (χ3n) is 3.38. The molecule has 0 spiro atoms. The van der Waals surface area contributed by atoms with Crippen molar-refractivity contribution in [2.45, 2.75) is 71.3 Å². The van der Waals surface area contributed by atoms with Gasteiger partial charge < -0.3 is 14.9 Å². The molecule has 114 valence electrons. The molecule has 0 aromatic carbocycles. The van der Waals surface area contributed by atoms with E-state index in [0.29, 0.717) is 6.42 Å². The Kier molecular flexibility index (Phi) is 9.88. The first-order chi connectivity index (χ1) is 8.89. The lowest BCUT2D eigenvalue weighted by Gasteiger charge is -2.25. The molecule has 0 heterocycles. The third kappa shape index (κ3) is 11.0. The molecule has 0 aromatic heterocycles. The normalized spacial score (nSPS) is 13.5. The van der Waals surface area contributed by atoms with Crippen molar-refractivity contribution >= 4 is 5.97 Å². The highest BCUT2D eigenvalue weighted by Gasteiger charge is 2.19. The number of hydrogen-bond acceptors (Lipinski definition) is 3. The van der Waals surface area contributed by atoms with E-state index in [4.69, 9.17) is 14.9 Å². The zero-order valence-corrected chi connectivity index (χ0v) is 12.7. The molecular weight excluding hydrogens is 244 g/mol. The van der Waals surface area contributed by atoms with Gasteiger partial charge in [-0.05, 0) is 46.0 Å². The van der Waals surface area contributed by atoms with Crippen molar-refractivity contribution in [2.75, 3.05) is 13.2 Å². The monoisotopic (exact) mass is 274 g/mol. The topological polar surface area (TPSA) is 66.8 Å². The number of aliphatic carboxylic acids is 1.